The van der Waals surface area contributed by atoms with Crippen molar-refractivity contribution in [1.29, 1.82) is 0 Å². The average molecular weight is 420 g/mol. The van der Waals surface area contributed by atoms with Gasteiger partial charge in [-0.05, 0) is 62.6 Å². The molecule has 3 aromatic rings. The number of amides is 1. The van der Waals surface area contributed by atoms with Gasteiger partial charge >= 0.3 is 0 Å². The number of aromatic nitrogens is 2. The van der Waals surface area contributed by atoms with E-state index in [1.165, 1.54) is 37.5 Å². The third-order valence-electron chi connectivity index (χ3n) is 5.23. The summed E-state index contributed by atoms with van der Waals surface area (Å²) in [4.78, 5) is 14.8. The Bertz CT molecular complexity index is 1040. The number of rotatable bonds is 6. The van der Waals surface area contributed by atoms with Crippen LogP contribution in [-0.2, 0) is 4.79 Å². The molecular weight excluding hydrogens is 395 g/mol. The van der Waals surface area contributed by atoms with Crippen molar-refractivity contribution in [3.8, 4) is 17.0 Å². The fourth-order valence-corrected chi connectivity index (χ4v) is 3.57. The van der Waals surface area contributed by atoms with E-state index in [1.807, 2.05) is 30.3 Å². The highest BCUT2D eigenvalue weighted by molar-refractivity contribution is 5.94. The third kappa shape index (κ3) is 5.36. The van der Waals surface area contributed by atoms with Gasteiger partial charge in [0.05, 0.1) is 5.69 Å². The first-order valence-corrected chi connectivity index (χ1v) is 10.5. The standard InChI is InChI=1S/C24H25FN4O2/c1-17(31-21-10-6-8-19(25)16-21)24(30)26-20-9-5-7-18(15-20)22-11-12-23(28-27-22)29-13-3-2-4-14-29/h5-12,15-17H,2-4,13-14H2,1H3,(H,26,30). The molecule has 1 amide bonds. The summed E-state index contributed by atoms with van der Waals surface area (Å²) in [6, 6.07) is 17.1. The van der Waals surface area contributed by atoms with Gasteiger partial charge in [0.25, 0.3) is 5.91 Å². The Labute approximate surface area is 181 Å². The van der Waals surface area contributed by atoms with Gasteiger partial charge in [0.2, 0.25) is 0 Å². The molecule has 0 spiro atoms. The van der Waals surface area contributed by atoms with Crippen LogP contribution in [0.5, 0.6) is 5.75 Å². The van der Waals surface area contributed by atoms with Gasteiger partial charge in [-0.2, -0.15) is 0 Å². The van der Waals surface area contributed by atoms with Gasteiger partial charge in [0.15, 0.2) is 11.9 Å². The van der Waals surface area contributed by atoms with E-state index in [0.29, 0.717) is 11.4 Å². The molecule has 4 rings (SSSR count). The Balaban J connectivity index is 1.41. The fraction of sp³-hybridized carbons (Fsp3) is 0.292. The molecule has 0 bridgehead atoms. The maximum absolute atomic E-state index is 13.3. The highest BCUT2D eigenvalue weighted by atomic mass is 19.1. The minimum atomic E-state index is -0.783. The summed E-state index contributed by atoms with van der Waals surface area (Å²) in [5.74, 6) is 0.467. The molecule has 7 heteroatoms. The molecule has 1 aromatic heterocycles. The number of hydrogen-bond acceptors (Lipinski definition) is 5. The first kappa shape index (κ1) is 20.8. The molecular formula is C24H25FN4O2. The Morgan fingerprint density at radius 3 is 2.58 bits per heavy atom. The van der Waals surface area contributed by atoms with E-state index in [4.69, 9.17) is 4.74 Å². The second kappa shape index (κ2) is 9.55. The van der Waals surface area contributed by atoms with Crippen LogP contribution in [0.25, 0.3) is 11.3 Å². The van der Waals surface area contributed by atoms with Gasteiger partial charge in [0.1, 0.15) is 11.6 Å². The molecule has 1 aliphatic heterocycles. The molecule has 2 heterocycles. The van der Waals surface area contributed by atoms with E-state index in [-0.39, 0.29) is 5.91 Å². The quantitative estimate of drug-likeness (QED) is 0.627. The number of piperidine rings is 1. The molecule has 2 aromatic carbocycles. The molecule has 6 nitrogen and oxygen atoms in total. The molecule has 1 N–H and O–H groups in total. The lowest BCUT2D eigenvalue weighted by atomic mass is 10.1. The number of benzene rings is 2. The van der Waals surface area contributed by atoms with Gasteiger partial charge < -0.3 is 15.0 Å². The van der Waals surface area contributed by atoms with Crippen LogP contribution >= 0.6 is 0 Å². The lowest BCUT2D eigenvalue weighted by molar-refractivity contribution is -0.122. The van der Waals surface area contributed by atoms with E-state index >= 15 is 0 Å². The first-order chi connectivity index (χ1) is 15.1. The van der Waals surface area contributed by atoms with Gasteiger partial charge in [-0.1, -0.05) is 18.2 Å². The minimum absolute atomic E-state index is 0.306. The van der Waals surface area contributed by atoms with Gasteiger partial charge in [-0.15, -0.1) is 10.2 Å². The number of halogens is 1. The number of carbonyl (C=O) groups excluding carboxylic acids is 1. The molecule has 1 unspecified atom stereocenters. The minimum Gasteiger partial charge on any atom is -0.481 e. The third-order valence-corrected chi connectivity index (χ3v) is 5.23. The monoisotopic (exact) mass is 420 g/mol. The van der Waals surface area contributed by atoms with Gasteiger partial charge in [-0.3, -0.25) is 4.79 Å². The van der Waals surface area contributed by atoms with Crippen molar-refractivity contribution in [3.05, 3.63) is 66.5 Å². The Hall–Kier alpha value is -3.48. The molecule has 160 valence electrons. The van der Waals surface area contributed by atoms with Crippen LogP contribution < -0.4 is 15.0 Å². The fourth-order valence-electron chi connectivity index (χ4n) is 3.57. The highest BCUT2D eigenvalue weighted by Gasteiger charge is 2.16. The maximum Gasteiger partial charge on any atom is 0.265 e. The van der Waals surface area contributed by atoms with Crippen molar-refractivity contribution < 1.29 is 13.9 Å². The molecule has 1 atom stereocenters. The van der Waals surface area contributed by atoms with Crippen LogP contribution in [0.1, 0.15) is 26.2 Å². The van der Waals surface area contributed by atoms with Gasteiger partial charge in [-0.25, -0.2) is 4.39 Å². The van der Waals surface area contributed by atoms with Crippen LogP contribution in [0.15, 0.2) is 60.7 Å². The number of anilines is 2. The first-order valence-electron chi connectivity index (χ1n) is 10.5. The normalized spacial score (nSPS) is 14.7. The van der Waals surface area contributed by atoms with Crippen molar-refractivity contribution in [2.24, 2.45) is 0 Å². The van der Waals surface area contributed by atoms with Crippen molar-refractivity contribution in [1.82, 2.24) is 10.2 Å². The van der Waals surface area contributed by atoms with E-state index < -0.39 is 11.9 Å². The van der Waals surface area contributed by atoms with Gasteiger partial charge in [0, 0.05) is 30.4 Å². The van der Waals surface area contributed by atoms with Crippen molar-refractivity contribution >= 4 is 17.4 Å². The van der Waals surface area contributed by atoms with Crippen molar-refractivity contribution in [2.45, 2.75) is 32.3 Å². The molecule has 0 saturated carbocycles. The second-order valence-corrected chi connectivity index (χ2v) is 7.61. The van der Waals surface area contributed by atoms with E-state index in [9.17, 15) is 9.18 Å². The predicted octanol–water partition coefficient (Wildman–Crippen LogP) is 4.68. The zero-order chi connectivity index (χ0) is 21.6. The number of nitrogens with zero attached hydrogens (tertiary/aromatic N) is 3. The molecule has 0 aliphatic carbocycles. The predicted molar refractivity (Wildman–Crippen MR) is 119 cm³/mol. The van der Waals surface area contributed by atoms with Crippen molar-refractivity contribution in [3.63, 3.8) is 0 Å². The summed E-state index contributed by atoms with van der Waals surface area (Å²) >= 11 is 0. The van der Waals surface area contributed by atoms with E-state index in [2.05, 4.69) is 20.4 Å². The molecule has 1 aliphatic rings. The lowest BCUT2D eigenvalue weighted by Gasteiger charge is -2.27. The molecule has 31 heavy (non-hydrogen) atoms. The van der Waals surface area contributed by atoms with E-state index in [0.717, 1.165) is 30.2 Å². The SMILES string of the molecule is CC(Oc1cccc(F)c1)C(=O)Nc1cccc(-c2ccc(N3CCCCC3)nn2)c1. The Morgan fingerprint density at radius 2 is 1.84 bits per heavy atom. The average Bonchev–Trinajstić information content (AvgIpc) is 2.80. The zero-order valence-corrected chi connectivity index (χ0v) is 17.4. The smallest absolute Gasteiger partial charge is 0.265 e. The zero-order valence-electron chi connectivity index (χ0n) is 17.4. The summed E-state index contributed by atoms with van der Waals surface area (Å²) in [5, 5.41) is 11.6. The maximum atomic E-state index is 13.3. The number of hydrogen-bond donors (Lipinski definition) is 1. The van der Waals surface area contributed by atoms with Crippen LogP contribution in [-0.4, -0.2) is 35.3 Å². The number of carbonyl (C=O) groups is 1. The second-order valence-electron chi connectivity index (χ2n) is 7.61. The summed E-state index contributed by atoms with van der Waals surface area (Å²) in [5.41, 5.74) is 2.22. The van der Waals surface area contributed by atoms with Crippen LogP contribution in [0, 0.1) is 5.82 Å². The molecule has 1 saturated heterocycles. The summed E-state index contributed by atoms with van der Waals surface area (Å²) < 4.78 is 18.8. The highest BCUT2D eigenvalue weighted by Crippen LogP contribution is 2.23. The molecule has 0 radical (unpaired) electrons. The van der Waals surface area contributed by atoms with Crippen LogP contribution in [0.3, 0.4) is 0 Å². The summed E-state index contributed by atoms with van der Waals surface area (Å²) in [6.45, 7) is 3.66. The van der Waals surface area contributed by atoms with Crippen LogP contribution in [0.4, 0.5) is 15.9 Å². The summed E-state index contributed by atoms with van der Waals surface area (Å²) in [7, 11) is 0. The van der Waals surface area contributed by atoms with E-state index in [1.54, 1.807) is 19.1 Å². The summed E-state index contributed by atoms with van der Waals surface area (Å²) in [6.07, 6.45) is 2.86. The Morgan fingerprint density at radius 1 is 1.03 bits per heavy atom. The van der Waals surface area contributed by atoms with Crippen LogP contribution in [0.2, 0.25) is 0 Å². The van der Waals surface area contributed by atoms with Crippen molar-refractivity contribution in [2.75, 3.05) is 23.3 Å². The Kier molecular flexibility index (Phi) is 6.40. The largest absolute Gasteiger partial charge is 0.481 e. The number of nitrogens with one attached hydrogen (secondary N) is 1. The lowest BCUT2D eigenvalue weighted by Crippen LogP contribution is -2.30. The topological polar surface area (TPSA) is 67.3 Å². The number of ether oxygens (including phenoxy) is 1. The molecule has 1 fully saturated rings.